The van der Waals surface area contributed by atoms with Gasteiger partial charge in [0.1, 0.15) is 22.0 Å². The summed E-state index contributed by atoms with van der Waals surface area (Å²) in [6.45, 7) is 7.42. The molecule has 0 radical (unpaired) electrons. The Hall–Kier alpha value is -0.0700. The van der Waals surface area contributed by atoms with E-state index in [1.807, 2.05) is 6.07 Å². The molecule has 4 nitrogen and oxygen atoms in total. The summed E-state index contributed by atoms with van der Waals surface area (Å²) in [5.41, 5.74) is 2.23. The predicted molar refractivity (Wildman–Crippen MR) is 102 cm³/mol. The number of ether oxygens (including phenoxy) is 1. The first-order chi connectivity index (χ1) is 11.8. The number of para-hydroxylation sites is 1. The quantitative estimate of drug-likeness (QED) is 0.309. The summed E-state index contributed by atoms with van der Waals surface area (Å²) in [5, 5.41) is -1.07. The Balaban J connectivity index is 0.00000625. The van der Waals surface area contributed by atoms with Crippen molar-refractivity contribution >= 4 is 10.1 Å². The zero-order valence-corrected chi connectivity index (χ0v) is 19.9. The zero-order valence-electron chi connectivity index (χ0n) is 17.1. The monoisotopic (exact) mass is 392 g/mol. The van der Waals surface area contributed by atoms with Crippen LogP contribution in [0.25, 0.3) is 0 Å². The summed E-state index contributed by atoms with van der Waals surface area (Å²) in [5.74, 6) is 0.790. The average molecular weight is 393 g/mol. The van der Waals surface area contributed by atoms with Crippen LogP contribution in [0.2, 0.25) is 0 Å². The molecule has 0 spiro atoms. The van der Waals surface area contributed by atoms with E-state index in [0.29, 0.717) is 0 Å². The SMILES string of the molecule is CCCCCc1cccc(CCCCC)c1OC(C)C(C)S(=O)(=O)[O-].[Na+]. The standard InChI is InChI=1S/C20H34O4S.Na/c1-5-7-9-12-18-14-11-15-19(13-10-8-6-2)20(18)24-16(3)17(4)25(21,22)23;/h11,14-17H,5-10,12-13H2,1-4H3,(H,21,22,23);/q;+1/p-1. The van der Waals surface area contributed by atoms with Crippen molar-refractivity contribution in [1.82, 2.24) is 0 Å². The summed E-state index contributed by atoms with van der Waals surface area (Å²) in [7, 11) is -4.36. The normalized spacial score (nSPS) is 13.7. The van der Waals surface area contributed by atoms with Crippen LogP contribution >= 0.6 is 0 Å². The van der Waals surface area contributed by atoms with E-state index >= 15 is 0 Å². The molecule has 0 bridgehead atoms. The van der Waals surface area contributed by atoms with Gasteiger partial charge >= 0.3 is 29.6 Å². The molecule has 1 aromatic rings. The summed E-state index contributed by atoms with van der Waals surface area (Å²) >= 11 is 0. The molecule has 0 aliphatic rings. The fraction of sp³-hybridized carbons (Fsp3) is 0.700. The molecule has 0 heterocycles. The van der Waals surface area contributed by atoms with Gasteiger partial charge < -0.3 is 9.29 Å². The largest absolute Gasteiger partial charge is 1.00 e. The average Bonchev–Trinajstić information content (AvgIpc) is 2.56. The van der Waals surface area contributed by atoms with E-state index in [1.165, 1.54) is 6.92 Å². The molecule has 26 heavy (non-hydrogen) atoms. The molecule has 0 N–H and O–H groups in total. The third kappa shape index (κ3) is 8.75. The molecule has 144 valence electrons. The number of unbranched alkanes of at least 4 members (excludes halogenated alkanes) is 4. The Morgan fingerprint density at radius 2 is 1.42 bits per heavy atom. The Kier molecular flexibility index (Phi) is 13.1. The van der Waals surface area contributed by atoms with Crippen LogP contribution in [0, 0.1) is 0 Å². The molecule has 6 heteroatoms. The van der Waals surface area contributed by atoms with Crippen LogP contribution < -0.4 is 34.3 Å². The zero-order chi connectivity index (χ0) is 18.9. The van der Waals surface area contributed by atoms with E-state index in [2.05, 4.69) is 26.0 Å². The predicted octanol–water partition coefficient (Wildman–Crippen LogP) is 1.86. The molecule has 0 saturated heterocycles. The minimum atomic E-state index is -4.36. The maximum atomic E-state index is 11.3. The number of aryl methyl sites for hydroxylation is 2. The maximum Gasteiger partial charge on any atom is 1.00 e. The van der Waals surface area contributed by atoms with Crippen LogP contribution in [0.1, 0.15) is 77.3 Å². The topological polar surface area (TPSA) is 66.4 Å². The minimum absolute atomic E-state index is 0. The van der Waals surface area contributed by atoms with E-state index in [0.717, 1.165) is 68.2 Å². The van der Waals surface area contributed by atoms with Crippen LogP contribution in [-0.2, 0) is 23.0 Å². The molecule has 0 aliphatic heterocycles. The first-order valence-corrected chi connectivity index (χ1v) is 11.0. The second-order valence-electron chi connectivity index (χ2n) is 6.84. The molecule has 0 aromatic heterocycles. The van der Waals surface area contributed by atoms with Crippen LogP contribution in [-0.4, -0.2) is 24.3 Å². The van der Waals surface area contributed by atoms with E-state index in [1.54, 1.807) is 6.92 Å². The van der Waals surface area contributed by atoms with Gasteiger partial charge in [0.15, 0.2) is 0 Å². The Morgan fingerprint density at radius 3 is 1.81 bits per heavy atom. The summed E-state index contributed by atoms with van der Waals surface area (Å²) < 4.78 is 40.0. The number of benzene rings is 1. The Labute approximate surface area is 182 Å². The first-order valence-electron chi connectivity index (χ1n) is 9.53. The maximum absolute atomic E-state index is 11.3. The molecular weight excluding hydrogens is 359 g/mol. The van der Waals surface area contributed by atoms with Crippen molar-refractivity contribution in [3.63, 3.8) is 0 Å². The number of rotatable bonds is 12. The van der Waals surface area contributed by atoms with Crippen LogP contribution in [0.5, 0.6) is 5.75 Å². The molecule has 1 rings (SSSR count). The Bertz CT molecular complexity index is 588. The van der Waals surface area contributed by atoms with Crippen molar-refractivity contribution in [2.24, 2.45) is 0 Å². The fourth-order valence-electron chi connectivity index (χ4n) is 2.83. The molecule has 1 aromatic carbocycles. The van der Waals surface area contributed by atoms with Gasteiger partial charge in [0.25, 0.3) is 0 Å². The first kappa shape index (κ1) is 25.9. The molecule has 2 atom stereocenters. The molecule has 0 aliphatic carbocycles. The Morgan fingerprint density at radius 1 is 0.962 bits per heavy atom. The van der Waals surface area contributed by atoms with Crippen molar-refractivity contribution in [2.75, 3.05) is 0 Å². The van der Waals surface area contributed by atoms with Crippen LogP contribution in [0.4, 0.5) is 0 Å². The van der Waals surface area contributed by atoms with Gasteiger partial charge in [0.05, 0.1) is 5.25 Å². The summed E-state index contributed by atoms with van der Waals surface area (Å²) in [6, 6.07) is 6.16. The van der Waals surface area contributed by atoms with Crippen molar-refractivity contribution in [1.29, 1.82) is 0 Å². The van der Waals surface area contributed by atoms with Crippen molar-refractivity contribution in [2.45, 2.75) is 90.4 Å². The van der Waals surface area contributed by atoms with Gasteiger partial charge in [0.2, 0.25) is 0 Å². The second-order valence-corrected chi connectivity index (χ2v) is 8.57. The van der Waals surface area contributed by atoms with Gasteiger partial charge in [-0.25, -0.2) is 8.42 Å². The van der Waals surface area contributed by atoms with Gasteiger partial charge in [-0.05, 0) is 50.7 Å². The number of hydrogen-bond acceptors (Lipinski definition) is 4. The van der Waals surface area contributed by atoms with Crippen molar-refractivity contribution < 1.29 is 47.3 Å². The van der Waals surface area contributed by atoms with Crippen molar-refractivity contribution in [3.8, 4) is 5.75 Å². The fourth-order valence-corrected chi connectivity index (χ4v) is 3.36. The van der Waals surface area contributed by atoms with Crippen LogP contribution in [0.15, 0.2) is 18.2 Å². The van der Waals surface area contributed by atoms with Gasteiger partial charge in [-0.15, -0.1) is 0 Å². The van der Waals surface area contributed by atoms with Gasteiger partial charge in [-0.1, -0.05) is 57.7 Å². The third-order valence-electron chi connectivity index (χ3n) is 4.70. The van der Waals surface area contributed by atoms with E-state index in [9.17, 15) is 13.0 Å². The van der Waals surface area contributed by atoms with Gasteiger partial charge in [-0.3, -0.25) is 0 Å². The summed E-state index contributed by atoms with van der Waals surface area (Å²) in [6.07, 6.45) is 7.92. The molecule has 0 saturated carbocycles. The van der Waals surface area contributed by atoms with E-state index in [-0.39, 0.29) is 29.6 Å². The van der Waals surface area contributed by atoms with E-state index < -0.39 is 21.5 Å². The molecular formula is C20H33NaO4S. The molecule has 2 unspecified atom stereocenters. The van der Waals surface area contributed by atoms with E-state index in [4.69, 9.17) is 4.74 Å². The van der Waals surface area contributed by atoms with Gasteiger partial charge in [0, 0.05) is 0 Å². The molecule has 0 amide bonds. The number of hydrogen-bond donors (Lipinski definition) is 0. The molecule has 0 fully saturated rings. The third-order valence-corrected chi connectivity index (χ3v) is 5.99. The van der Waals surface area contributed by atoms with Crippen molar-refractivity contribution in [3.05, 3.63) is 29.3 Å². The minimum Gasteiger partial charge on any atom is -0.748 e. The van der Waals surface area contributed by atoms with Crippen LogP contribution in [0.3, 0.4) is 0 Å². The summed E-state index contributed by atoms with van der Waals surface area (Å²) in [4.78, 5) is 0. The van der Waals surface area contributed by atoms with Gasteiger partial charge in [-0.2, -0.15) is 0 Å². The second kappa shape index (κ2) is 13.2. The smallest absolute Gasteiger partial charge is 0.748 e.